The fourth-order valence-corrected chi connectivity index (χ4v) is 6.02. The summed E-state index contributed by atoms with van der Waals surface area (Å²) in [7, 11) is -1.07. The number of hydrogen-bond donors (Lipinski definition) is 0. The zero-order chi connectivity index (χ0) is 14.6. The number of carbonyl (C=O) groups excluding carboxylic acids is 1. The van der Waals surface area contributed by atoms with Crippen LogP contribution in [0.1, 0.15) is 24.5 Å². The van der Waals surface area contributed by atoms with Crippen LogP contribution in [0.15, 0.2) is 48.5 Å². The zero-order valence-electron chi connectivity index (χ0n) is 11.8. The van der Waals surface area contributed by atoms with E-state index < -0.39 is 15.5 Å². The summed E-state index contributed by atoms with van der Waals surface area (Å²) in [5.74, 6) is 0.448. The van der Waals surface area contributed by atoms with Crippen LogP contribution in [0.4, 0.5) is 0 Å². The van der Waals surface area contributed by atoms with E-state index in [0.29, 0.717) is 12.2 Å². The average molecular weight is 296 g/mol. The molecule has 0 aromatic heterocycles. The molecule has 2 aromatic carbocycles. The van der Waals surface area contributed by atoms with Crippen molar-refractivity contribution in [3.8, 4) is 11.1 Å². The van der Waals surface area contributed by atoms with Gasteiger partial charge in [0.1, 0.15) is 10.5 Å². The summed E-state index contributed by atoms with van der Waals surface area (Å²) in [4.78, 5) is 12.4. The quantitative estimate of drug-likeness (QED) is 0.748. The molecular weight excluding hydrogens is 280 g/mol. The van der Waals surface area contributed by atoms with Crippen molar-refractivity contribution in [3.63, 3.8) is 0 Å². The van der Waals surface area contributed by atoms with Crippen LogP contribution in [0.5, 0.6) is 0 Å². The lowest BCUT2D eigenvalue weighted by atomic mass is 9.80. The molecule has 1 fully saturated rings. The van der Waals surface area contributed by atoms with Crippen molar-refractivity contribution in [1.29, 1.82) is 0 Å². The van der Waals surface area contributed by atoms with Crippen LogP contribution in [0.3, 0.4) is 0 Å². The van der Waals surface area contributed by atoms with Crippen molar-refractivity contribution in [2.45, 2.75) is 18.1 Å². The van der Waals surface area contributed by atoms with Crippen LogP contribution in [-0.4, -0.2) is 15.7 Å². The second kappa shape index (κ2) is 4.38. The van der Waals surface area contributed by atoms with Gasteiger partial charge in [0.15, 0.2) is 0 Å². The van der Waals surface area contributed by atoms with Crippen molar-refractivity contribution in [3.05, 3.63) is 59.7 Å². The van der Waals surface area contributed by atoms with Crippen LogP contribution in [0.25, 0.3) is 11.1 Å². The van der Waals surface area contributed by atoms with Gasteiger partial charge in [-0.15, -0.1) is 0 Å². The van der Waals surface area contributed by atoms with E-state index in [9.17, 15) is 9.00 Å². The van der Waals surface area contributed by atoms with Crippen molar-refractivity contribution in [1.82, 2.24) is 0 Å². The van der Waals surface area contributed by atoms with Crippen molar-refractivity contribution in [2.24, 2.45) is 5.92 Å². The fourth-order valence-electron chi connectivity index (χ4n) is 3.94. The molecule has 2 aromatic rings. The molecule has 1 aliphatic carbocycles. The molecular formula is C18H16O2S. The normalized spacial score (nSPS) is 25.7. The van der Waals surface area contributed by atoms with Gasteiger partial charge in [-0.1, -0.05) is 55.5 Å². The maximum Gasteiger partial charge on any atom is 0.138 e. The Balaban J connectivity index is 2.13. The van der Waals surface area contributed by atoms with Gasteiger partial charge in [0, 0.05) is 28.9 Å². The highest BCUT2D eigenvalue weighted by Crippen LogP contribution is 2.56. The zero-order valence-corrected chi connectivity index (χ0v) is 12.7. The molecule has 0 saturated carbocycles. The van der Waals surface area contributed by atoms with E-state index in [1.54, 1.807) is 0 Å². The van der Waals surface area contributed by atoms with Crippen LogP contribution in [-0.2, 0) is 20.3 Å². The Morgan fingerprint density at radius 1 is 1.00 bits per heavy atom. The Kier molecular flexibility index (Phi) is 2.70. The predicted molar refractivity (Wildman–Crippen MR) is 84.5 cm³/mol. The molecule has 0 bridgehead atoms. The minimum atomic E-state index is -1.07. The van der Waals surface area contributed by atoms with E-state index in [1.807, 2.05) is 43.3 Å². The highest BCUT2D eigenvalue weighted by Gasteiger charge is 2.55. The second-order valence-corrected chi connectivity index (χ2v) is 7.56. The molecule has 4 rings (SSSR count). The summed E-state index contributed by atoms with van der Waals surface area (Å²) in [6.45, 7) is 1.94. The molecule has 0 unspecified atom stereocenters. The number of ketones is 1. The van der Waals surface area contributed by atoms with E-state index >= 15 is 0 Å². The standard InChI is InChI=1S/C18H16O2S/c1-12-17(19)10-11-21(20)18(12)15-8-4-2-6-13(15)14-7-3-5-9-16(14)18/h2-9,12H,10-11H2,1H3/t12-,21-/m0/s1. The van der Waals surface area contributed by atoms with Gasteiger partial charge < -0.3 is 0 Å². The van der Waals surface area contributed by atoms with Gasteiger partial charge in [-0.2, -0.15) is 0 Å². The Labute approximate surface area is 126 Å². The minimum absolute atomic E-state index is 0.223. The van der Waals surface area contributed by atoms with E-state index in [-0.39, 0.29) is 11.7 Å². The summed E-state index contributed by atoms with van der Waals surface area (Å²) in [6.07, 6.45) is 0.430. The number of rotatable bonds is 0. The van der Waals surface area contributed by atoms with Gasteiger partial charge in [0.25, 0.3) is 0 Å². The molecule has 21 heavy (non-hydrogen) atoms. The van der Waals surface area contributed by atoms with Crippen LogP contribution in [0.2, 0.25) is 0 Å². The van der Waals surface area contributed by atoms with Gasteiger partial charge in [0.2, 0.25) is 0 Å². The van der Waals surface area contributed by atoms with E-state index in [2.05, 4.69) is 12.1 Å². The third-order valence-electron chi connectivity index (χ3n) is 4.93. The lowest BCUT2D eigenvalue weighted by molar-refractivity contribution is -0.123. The highest BCUT2D eigenvalue weighted by molar-refractivity contribution is 7.86. The molecule has 1 heterocycles. The van der Waals surface area contributed by atoms with Crippen molar-refractivity contribution < 1.29 is 9.00 Å². The molecule has 0 radical (unpaired) electrons. The Bertz CT molecular complexity index is 733. The minimum Gasteiger partial charge on any atom is -0.299 e. The average Bonchev–Trinajstić information content (AvgIpc) is 2.82. The van der Waals surface area contributed by atoms with Gasteiger partial charge >= 0.3 is 0 Å². The number of hydrogen-bond acceptors (Lipinski definition) is 2. The van der Waals surface area contributed by atoms with Gasteiger partial charge in [0.05, 0.1) is 0 Å². The summed E-state index contributed by atoms with van der Waals surface area (Å²) in [6, 6.07) is 16.2. The number of carbonyl (C=O) groups is 1. The van der Waals surface area contributed by atoms with Gasteiger partial charge in [-0.05, 0) is 22.3 Å². The number of fused-ring (bicyclic) bond motifs is 5. The molecule has 2 nitrogen and oxygen atoms in total. The molecule has 1 spiro atoms. The SMILES string of the molecule is C[C@H]1C(=O)CC[S@](=O)C12c1ccccc1-c1ccccc12. The maximum absolute atomic E-state index is 13.1. The van der Waals surface area contributed by atoms with E-state index in [1.165, 1.54) is 0 Å². The van der Waals surface area contributed by atoms with Gasteiger partial charge in [-0.25, -0.2) is 0 Å². The lowest BCUT2D eigenvalue weighted by Crippen LogP contribution is -2.47. The number of benzene rings is 2. The van der Waals surface area contributed by atoms with E-state index in [4.69, 9.17) is 0 Å². The van der Waals surface area contributed by atoms with Crippen molar-refractivity contribution >= 4 is 16.6 Å². The second-order valence-electron chi connectivity index (χ2n) is 5.81. The topological polar surface area (TPSA) is 34.1 Å². The maximum atomic E-state index is 13.1. The molecule has 0 amide bonds. The third kappa shape index (κ3) is 1.47. The Morgan fingerprint density at radius 2 is 1.52 bits per heavy atom. The van der Waals surface area contributed by atoms with E-state index in [0.717, 1.165) is 22.3 Å². The largest absolute Gasteiger partial charge is 0.299 e. The molecule has 2 atom stereocenters. The lowest BCUT2D eigenvalue weighted by Gasteiger charge is -2.39. The smallest absolute Gasteiger partial charge is 0.138 e. The Morgan fingerprint density at radius 3 is 2.10 bits per heavy atom. The van der Waals surface area contributed by atoms with Crippen LogP contribution >= 0.6 is 0 Å². The summed E-state index contributed by atoms with van der Waals surface area (Å²) in [5, 5.41) is 0. The molecule has 0 N–H and O–H groups in total. The predicted octanol–water partition coefficient (Wildman–Crippen LogP) is 3.27. The number of Topliss-reactive ketones (excluding diaryl/α,β-unsaturated/α-hetero) is 1. The molecule has 1 saturated heterocycles. The first kappa shape index (κ1) is 13.0. The first-order valence-corrected chi connectivity index (χ1v) is 8.60. The first-order chi connectivity index (χ1) is 10.2. The van der Waals surface area contributed by atoms with Gasteiger partial charge in [-0.3, -0.25) is 9.00 Å². The molecule has 2 aliphatic rings. The van der Waals surface area contributed by atoms with Crippen LogP contribution in [0, 0.1) is 5.92 Å². The molecule has 1 aliphatic heterocycles. The first-order valence-electron chi connectivity index (χ1n) is 7.28. The summed E-state index contributed by atoms with van der Waals surface area (Å²) < 4.78 is 12.4. The molecule has 3 heteroatoms. The highest BCUT2D eigenvalue weighted by atomic mass is 32.2. The fraction of sp³-hybridized carbons (Fsp3) is 0.278. The molecule has 106 valence electrons. The van der Waals surface area contributed by atoms with Crippen LogP contribution < -0.4 is 0 Å². The van der Waals surface area contributed by atoms with Crippen molar-refractivity contribution in [2.75, 3.05) is 5.75 Å². The monoisotopic (exact) mass is 296 g/mol. The summed E-state index contributed by atoms with van der Waals surface area (Å²) in [5.41, 5.74) is 4.38. The Hall–Kier alpha value is -1.74. The summed E-state index contributed by atoms with van der Waals surface area (Å²) >= 11 is 0. The third-order valence-corrected chi connectivity index (χ3v) is 7.02.